The Labute approximate surface area is 115 Å². The highest BCUT2D eigenvalue weighted by molar-refractivity contribution is 5.67. The monoisotopic (exact) mass is 256 g/mol. The molecular formula is C16H22N3+. The summed E-state index contributed by atoms with van der Waals surface area (Å²) in [5, 5.41) is 0. The Bertz CT molecular complexity index is 589. The number of nitrogens with zero attached hydrogens (tertiary/aromatic N) is 3. The average molecular weight is 256 g/mol. The summed E-state index contributed by atoms with van der Waals surface area (Å²) >= 11 is 0. The highest BCUT2D eigenvalue weighted by Crippen LogP contribution is 2.26. The van der Waals surface area contributed by atoms with Crippen LogP contribution in [-0.4, -0.2) is 19.1 Å². The minimum Gasteiger partial charge on any atom is -0.378 e. The molecule has 2 rings (SSSR count). The Hall–Kier alpha value is -1.90. The van der Waals surface area contributed by atoms with Crippen LogP contribution in [0, 0.1) is 6.92 Å². The largest absolute Gasteiger partial charge is 0.378 e. The quantitative estimate of drug-likeness (QED) is 0.786. The third-order valence-corrected chi connectivity index (χ3v) is 3.46. The van der Waals surface area contributed by atoms with Gasteiger partial charge < -0.3 is 4.90 Å². The van der Waals surface area contributed by atoms with Crippen molar-refractivity contribution in [3.8, 4) is 11.3 Å². The van der Waals surface area contributed by atoms with Gasteiger partial charge in [0.2, 0.25) is 5.69 Å². The highest BCUT2D eigenvalue weighted by Gasteiger charge is 2.18. The van der Waals surface area contributed by atoms with E-state index < -0.39 is 0 Å². The molecule has 0 radical (unpaired) electrons. The minimum absolute atomic E-state index is 0.943. The van der Waals surface area contributed by atoms with Crippen molar-refractivity contribution in [3.63, 3.8) is 0 Å². The summed E-state index contributed by atoms with van der Waals surface area (Å²) in [5.74, 6) is 0. The second-order valence-corrected chi connectivity index (χ2v) is 5.08. The summed E-state index contributed by atoms with van der Waals surface area (Å²) in [6, 6.07) is 6.58. The third-order valence-electron chi connectivity index (χ3n) is 3.46. The Kier molecular flexibility index (Phi) is 3.84. The lowest BCUT2D eigenvalue weighted by Gasteiger charge is -2.15. The van der Waals surface area contributed by atoms with E-state index in [4.69, 9.17) is 0 Å². The van der Waals surface area contributed by atoms with Crippen molar-refractivity contribution in [2.24, 2.45) is 7.05 Å². The lowest BCUT2D eigenvalue weighted by Crippen LogP contribution is -2.32. The summed E-state index contributed by atoms with van der Waals surface area (Å²) < 4.78 is 2.16. The van der Waals surface area contributed by atoms with Gasteiger partial charge in [-0.25, -0.2) is 4.98 Å². The van der Waals surface area contributed by atoms with Crippen LogP contribution in [0.2, 0.25) is 0 Å². The number of aryl methyl sites for hydroxylation is 3. The van der Waals surface area contributed by atoms with Gasteiger partial charge in [-0.1, -0.05) is 6.92 Å². The maximum Gasteiger partial charge on any atom is 0.234 e. The SMILES string of the molecule is CCc1ncc[n+](C)c1-c1ccc(N(C)C)cc1C. The molecule has 1 aromatic carbocycles. The fraction of sp³-hybridized carbons (Fsp3) is 0.375. The molecule has 0 bridgehead atoms. The first-order valence-corrected chi connectivity index (χ1v) is 6.66. The van der Waals surface area contributed by atoms with E-state index in [-0.39, 0.29) is 0 Å². The molecule has 0 amide bonds. The first-order valence-electron chi connectivity index (χ1n) is 6.66. The fourth-order valence-electron chi connectivity index (χ4n) is 2.36. The van der Waals surface area contributed by atoms with Gasteiger partial charge in [0, 0.05) is 19.8 Å². The molecule has 0 spiro atoms. The van der Waals surface area contributed by atoms with Gasteiger partial charge in [0.05, 0.1) is 11.8 Å². The standard InChI is InChI=1S/C16H22N3/c1-6-15-16(19(5)10-9-17-15)14-8-7-13(18(3)4)11-12(14)2/h7-11H,6H2,1-5H3/q+1. The van der Waals surface area contributed by atoms with Crippen LogP contribution in [0.25, 0.3) is 11.3 Å². The zero-order chi connectivity index (χ0) is 14.0. The predicted octanol–water partition coefficient (Wildman–Crippen LogP) is 2.51. The Morgan fingerprint density at radius 1 is 1.26 bits per heavy atom. The van der Waals surface area contributed by atoms with E-state index in [0.29, 0.717) is 0 Å². The number of hydrogen-bond donors (Lipinski definition) is 0. The molecule has 0 atom stereocenters. The molecule has 0 saturated carbocycles. The van der Waals surface area contributed by atoms with Crippen LogP contribution in [0.3, 0.4) is 0 Å². The van der Waals surface area contributed by atoms with Crippen LogP contribution in [0.5, 0.6) is 0 Å². The van der Waals surface area contributed by atoms with Crippen molar-refractivity contribution in [2.45, 2.75) is 20.3 Å². The molecule has 0 fully saturated rings. The lowest BCUT2D eigenvalue weighted by atomic mass is 10.0. The van der Waals surface area contributed by atoms with E-state index in [2.05, 4.69) is 67.6 Å². The van der Waals surface area contributed by atoms with Gasteiger partial charge >= 0.3 is 0 Å². The molecule has 3 nitrogen and oxygen atoms in total. The smallest absolute Gasteiger partial charge is 0.234 e. The molecule has 2 aromatic rings. The zero-order valence-corrected chi connectivity index (χ0v) is 12.4. The van der Waals surface area contributed by atoms with E-state index in [1.165, 1.54) is 22.5 Å². The zero-order valence-electron chi connectivity index (χ0n) is 12.4. The second-order valence-electron chi connectivity index (χ2n) is 5.08. The molecule has 1 aromatic heterocycles. The van der Waals surface area contributed by atoms with Crippen LogP contribution >= 0.6 is 0 Å². The van der Waals surface area contributed by atoms with Gasteiger partial charge in [-0.15, -0.1) is 0 Å². The average Bonchev–Trinajstić information content (AvgIpc) is 2.38. The molecule has 0 aliphatic carbocycles. The van der Waals surface area contributed by atoms with Crippen molar-refractivity contribution >= 4 is 5.69 Å². The van der Waals surface area contributed by atoms with Gasteiger partial charge in [-0.2, -0.15) is 4.57 Å². The van der Waals surface area contributed by atoms with Gasteiger partial charge in [0.25, 0.3) is 0 Å². The Balaban J connectivity index is 2.60. The highest BCUT2D eigenvalue weighted by atomic mass is 15.1. The summed E-state index contributed by atoms with van der Waals surface area (Å²) in [5.41, 5.74) is 6.13. The minimum atomic E-state index is 0.943. The Morgan fingerprint density at radius 3 is 2.58 bits per heavy atom. The van der Waals surface area contributed by atoms with Crippen molar-refractivity contribution < 1.29 is 4.57 Å². The number of benzene rings is 1. The third kappa shape index (κ3) is 2.60. The van der Waals surface area contributed by atoms with Crippen LogP contribution in [-0.2, 0) is 13.5 Å². The number of rotatable bonds is 3. The first-order chi connectivity index (χ1) is 9.04. The van der Waals surface area contributed by atoms with Crippen LogP contribution in [0.1, 0.15) is 18.2 Å². The van der Waals surface area contributed by atoms with E-state index >= 15 is 0 Å². The topological polar surface area (TPSA) is 20.0 Å². The molecule has 100 valence electrons. The van der Waals surface area contributed by atoms with Gasteiger partial charge in [0.1, 0.15) is 12.7 Å². The molecule has 1 heterocycles. The summed E-state index contributed by atoms with van der Waals surface area (Å²) in [4.78, 5) is 6.63. The number of anilines is 1. The number of aromatic nitrogens is 2. The van der Waals surface area contributed by atoms with Gasteiger partial charge in [0.15, 0.2) is 6.20 Å². The molecule has 0 aliphatic rings. The fourth-order valence-corrected chi connectivity index (χ4v) is 2.36. The lowest BCUT2D eigenvalue weighted by molar-refractivity contribution is -0.661. The van der Waals surface area contributed by atoms with E-state index in [1.807, 2.05) is 12.4 Å². The molecular weight excluding hydrogens is 234 g/mol. The molecule has 19 heavy (non-hydrogen) atoms. The normalized spacial score (nSPS) is 10.6. The number of hydrogen-bond acceptors (Lipinski definition) is 2. The molecule has 0 N–H and O–H groups in total. The van der Waals surface area contributed by atoms with Crippen molar-refractivity contribution in [1.29, 1.82) is 0 Å². The van der Waals surface area contributed by atoms with Crippen LogP contribution in [0.15, 0.2) is 30.6 Å². The van der Waals surface area contributed by atoms with Gasteiger partial charge in [-0.05, 0) is 37.1 Å². The summed E-state index contributed by atoms with van der Waals surface area (Å²) in [6.45, 7) is 4.31. The van der Waals surface area contributed by atoms with Crippen LogP contribution < -0.4 is 9.47 Å². The van der Waals surface area contributed by atoms with Crippen molar-refractivity contribution in [3.05, 3.63) is 41.9 Å². The van der Waals surface area contributed by atoms with Crippen molar-refractivity contribution in [1.82, 2.24) is 4.98 Å². The first kappa shape index (κ1) is 13.5. The Morgan fingerprint density at radius 2 is 2.00 bits per heavy atom. The van der Waals surface area contributed by atoms with E-state index in [9.17, 15) is 0 Å². The van der Waals surface area contributed by atoms with E-state index in [1.54, 1.807) is 0 Å². The van der Waals surface area contributed by atoms with E-state index in [0.717, 1.165) is 12.1 Å². The molecule has 3 heteroatoms. The molecule has 0 saturated heterocycles. The maximum atomic E-state index is 4.50. The van der Waals surface area contributed by atoms with Gasteiger partial charge in [-0.3, -0.25) is 0 Å². The predicted molar refractivity (Wildman–Crippen MR) is 79.3 cm³/mol. The summed E-state index contributed by atoms with van der Waals surface area (Å²) in [6.07, 6.45) is 4.82. The van der Waals surface area contributed by atoms with Crippen molar-refractivity contribution in [2.75, 3.05) is 19.0 Å². The summed E-state index contributed by atoms with van der Waals surface area (Å²) in [7, 11) is 6.21. The second kappa shape index (κ2) is 5.39. The molecule has 0 aliphatic heterocycles. The van der Waals surface area contributed by atoms with Crippen LogP contribution in [0.4, 0.5) is 5.69 Å². The molecule has 0 unspecified atom stereocenters. The maximum absolute atomic E-state index is 4.50.